The topological polar surface area (TPSA) is 49.3 Å². The normalized spacial score (nSPS) is 14.6. The summed E-state index contributed by atoms with van der Waals surface area (Å²) >= 11 is 1.80. The number of para-hydroxylation sites is 4. The van der Waals surface area contributed by atoms with Gasteiger partial charge in [-0.15, -0.1) is 0 Å². The number of pyridine rings is 2. The monoisotopic (exact) mass is 895 g/mol. The predicted octanol–water partition coefficient (Wildman–Crippen LogP) is 15.7. The zero-order chi connectivity index (χ0) is 45.5. The van der Waals surface area contributed by atoms with Crippen LogP contribution in [0, 0.1) is 13.1 Å². The summed E-state index contributed by atoms with van der Waals surface area (Å²) in [7, 11) is 0. The van der Waals surface area contributed by atoms with Crippen molar-refractivity contribution in [2.45, 2.75) is 15.2 Å². The van der Waals surface area contributed by atoms with Crippen LogP contribution in [-0.4, -0.2) is 23.7 Å². The average Bonchev–Trinajstić information content (AvgIpc) is 4.12. The van der Waals surface area contributed by atoms with E-state index in [0.29, 0.717) is 11.4 Å². The van der Waals surface area contributed by atoms with E-state index in [2.05, 4.69) is 187 Å². The summed E-state index contributed by atoms with van der Waals surface area (Å²) in [5.74, 6) is 0. The number of aromatic nitrogens is 5. The fourth-order valence-corrected chi connectivity index (χ4v) is 13.2. The van der Waals surface area contributed by atoms with Gasteiger partial charge >= 0.3 is 0 Å². The van der Waals surface area contributed by atoms with Gasteiger partial charge in [0.2, 0.25) is 0 Å². The van der Waals surface area contributed by atoms with Gasteiger partial charge in [0.15, 0.2) is 11.4 Å². The molecule has 15 rings (SSSR count). The summed E-state index contributed by atoms with van der Waals surface area (Å²) in [5, 5.41) is 6.67. The van der Waals surface area contributed by atoms with E-state index in [1.54, 1.807) is 11.8 Å². The van der Waals surface area contributed by atoms with Gasteiger partial charge in [-0.2, -0.15) is 0 Å². The molecule has 318 valence electrons. The van der Waals surface area contributed by atoms with Crippen molar-refractivity contribution >= 4 is 88.6 Å². The summed E-state index contributed by atoms with van der Waals surface area (Å²) in [6.07, 6.45) is 3.90. The molecular weight excluding hydrogens is 863 g/mol. The second-order valence-electron chi connectivity index (χ2n) is 17.9. The molecule has 6 heterocycles. The van der Waals surface area contributed by atoms with E-state index < -0.39 is 5.41 Å². The van der Waals surface area contributed by atoms with Crippen LogP contribution in [-0.2, 0) is 5.41 Å². The molecule has 69 heavy (non-hydrogen) atoms. The molecular formula is C61H33N7S. The van der Waals surface area contributed by atoms with E-state index in [1.807, 2.05) is 36.7 Å². The molecule has 1 aliphatic heterocycles. The van der Waals surface area contributed by atoms with E-state index >= 15 is 0 Å². The summed E-state index contributed by atoms with van der Waals surface area (Å²) in [5.41, 5.74) is 15.8. The minimum absolute atomic E-state index is 0.554. The molecule has 1 atom stereocenters. The van der Waals surface area contributed by atoms with Crippen molar-refractivity contribution in [3.8, 4) is 28.5 Å². The van der Waals surface area contributed by atoms with Crippen molar-refractivity contribution in [2.24, 2.45) is 0 Å². The number of hydrogen-bond acceptors (Lipinski definition) is 3. The molecule has 7 nitrogen and oxygen atoms in total. The molecule has 0 saturated carbocycles. The zero-order valence-electron chi connectivity index (χ0n) is 36.6. The lowest BCUT2D eigenvalue weighted by Gasteiger charge is -2.41. The summed E-state index contributed by atoms with van der Waals surface area (Å²) < 4.78 is 7.11. The molecule has 1 aliphatic carbocycles. The molecule has 0 saturated heterocycles. The highest BCUT2D eigenvalue weighted by Crippen LogP contribution is 2.63. The van der Waals surface area contributed by atoms with Gasteiger partial charge in [0.1, 0.15) is 0 Å². The molecule has 13 aromatic rings. The SMILES string of the molecule is [C-]#[N+]c1ccc2c(c1)c1cc([N+]#[C-])ccc1n2-c1cccc2c1C1(c3ccc(-n4c5ccccc5c5ccccc54)cc3S2)c2cccnc2-c2ncc(-n3c4ccccc4c4ccccc43)cc21. The van der Waals surface area contributed by atoms with E-state index in [-0.39, 0.29) is 0 Å². The minimum Gasteiger partial charge on any atom is -0.309 e. The highest BCUT2D eigenvalue weighted by Gasteiger charge is 2.53. The molecule has 0 radical (unpaired) electrons. The maximum absolute atomic E-state index is 7.97. The smallest absolute Gasteiger partial charge is 0.188 e. The van der Waals surface area contributed by atoms with E-state index in [9.17, 15) is 0 Å². The number of hydrogen-bond donors (Lipinski definition) is 0. The first-order valence-corrected chi connectivity index (χ1v) is 23.7. The first-order valence-electron chi connectivity index (χ1n) is 22.9. The van der Waals surface area contributed by atoms with Crippen molar-refractivity contribution in [3.63, 3.8) is 0 Å². The Labute approximate surface area is 399 Å². The van der Waals surface area contributed by atoms with E-state index in [4.69, 9.17) is 23.1 Å². The van der Waals surface area contributed by atoms with Crippen molar-refractivity contribution in [1.82, 2.24) is 23.7 Å². The average molecular weight is 896 g/mol. The van der Waals surface area contributed by atoms with Crippen LogP contribution in [0.5, 0.6) is 0 Å². The van der Waals surface area contributed by atoms with Crippen LogP contribution in [0.15, 0.2) is 210 Å². The lowest BCUT2D eigenvalue weighted by Crippen LogP contribution is -2.33. The summed E-state index contributed by atoms with van der Waals surface area (Å²) in [6, 6.07) is 66.9. The summed E-state index contributed by atoms with van der Waals surface area (Å²) in [6.45, 7) is 15.9. The van der Waals surface area contributed by atoms with Crippen LogP contribution < -0.4 is 0 Å². The first-order chi connectivity index (χ1) is 34.1. The second kappa shape index (κ2) is 13.9. The lowest BCUT2D eigenvalue weighted by molar-refractivity contribution is 0.712. The van der Waals surface area contributed by atoms with Crippen LogP contribution in [0.4, 0.5) is 11.4 Å². The first kappa shape index (κ1) is 38.0. The van der Waals surface area contributed by atoms with Gasteiger partial charge < -0.3 is 13.7 Å². The molecule has 0 N–H and O–H groups in total. The Kier molecular flexibility index (Phi) is 7.65. The van der Waals surface area contributed by atoms with Gasteiger partial charge in [0.05, 0.1) is 80.6 Å². The van der Waals surface area contributed by atoms with Crippen molar-refractivity contribution in [3.05, 3.63) is 246 Å². The Bertz CT molecular complexity index is 4340. The Morgan fingerprint density at radius 2 is 0.957 bits per heavy atom. The quantitative estimate of drug-likeness (QED) is 0.166. The van der Waals surface area contributed by atoms with Crippen LogP contribution in [0.2, 0.25) is 0 Å². The number of nitrogens with zero attached hydrogens (tertiary/aromatic N) is 7. The molecule has 0 bridgehead atoms. The number of fused-ring (bicyclic) bond motifs is 18. The maximum Gasteiger partial charge on any atom is 0.188 e. The molecule has 8 aromatic carbocycles. The molecule has 1 spiro atoms. The Hall–Kier alpha value is -9.21. The highest BCUT2D eigenvalue weighted by atomic mass is 32.2. The van der Waals surface area contributed by atoms with Gasteiger partial charge in [-0.3, -0.25) is 9.97 Å². The fraction of sp³-hybridized carbons (Fsp3) is 0.0164. The van der Waals surface area contributed by atoms with E-state index in [0.717, 1.165) is 104 Å². The second-order valence-corrected chi connectivity index (χ2v) is 19.0. The van der Waals surface area contributed by atoms with Gasteiger partial charge in [0.25, 0.3) is 0 Å². The maximum atomic E-state index is 7.97. The molecule has 2 aliphatic rings. The van der Waals surface area contributed by atoms with E-state index in [1.165, 1.54) is 21.5 Å². The Morgan fingerprint density at radius 1 is 0.406 bits per heavy atom. The number of benzene rings is 8. The standard InChI is InChI=1S/C61H33N7S/c1-62-36-24-28-53-44(31-36)45-32-37(63-2)25-29-54(45)68(53)55-22-11-23-56-58(55)61(46-27-26-38(34-57(46)69-56)66-49-18-7-3-13-40(49)41-14-4-8-19-50(41)66)47-17-12-30-64-59(47)60-48(61)33-39(35-65-60)67-51-20-9-5-15-42(51)43-16-6-10-21-52(43)67/h3-35H. The van der Waals surface area contributed by atoms with Crippen LogP contribution in [0.25, 0.3) is 104 Å². The van der Waals surface area contributed by atoms with Crippen LogP contribution in [0.3, 0.4) is 0 Å². The van der Waals surface area contributed by atoms with Crippen LogP contribution >= 0.6 is 11.8 Å². The fourth-order valence-electron chi connectivity index (χ4n) is 11.9. The molecule has 1 unspecified atom stereocenters. The minimum atomic E-state index is -0.900. The molecule has 0 fully saturated rings. The summed E-state index contributed by atoms with van der Waals surface area (Å²) in [4.78, 5) is 20.6. The third-order valence-corrected chi connectivity index (χ3v) is 15.7. The van der Waals surface area contributed by atoms with Crippen molar-refractivity contribution in [1.29, 1.82) is 0 Å². The van der Waals surface area contributed by atoms with Crippen LogP contribution in [0.1, 0.15) is 22.3 Å². The van der Waals surface area contributed by atoms with Gasteiger partial charge in [-0.25, -0.2) is 9.69 Å². The molecule has 0 amide bonds. The largest absolute Gasteiger partial charge is 0.309 e. The van der Waals surface area contributed by atoms with Gasteiger partial charge in [-0.1, -0.05) is 115 Å². The van der Waals surface area contributed by atoms with Crippen molar-refractivity contribution < 1.29 is 0 Å². The zero-order valence-corrected chi connectivity index (χ0v) is 37.4. The molecule has 8 heteroatoms. The van der Waals surface area contributed by atoms with Gasteiger partial charge in [0, 0.05) is 54.3 Å². The Morgan fingerprint density at radius 3 is 1.55 bits per heavy atom. The van der Waals surface area contributed by atoms with Crippen molar-refractivity contribution in [2.75, 3.05) is 0 Å². The predicted molar refractivity (Wildman–Crippen MR) is 279 cm³/mol. The third-order valence-electron chi connectivity index (χ3n) is 14.6. The Balaban J connectivity index is 1.08. The lowest BCUT2D eigenvalue weighted by atomic mass is 9.67. The highest BCUT2D eigenvalue weighted by molar-refractivity contribution is 7.99. The third kappa shape index (κ3) is 4.95. The van der Waals surface area contributed by atoms with Gasteiger partial charge in [-0.05, 0) is 107 Å². The molecule has 5 aromatic heterocycles. The number of rotatable bonds is 3.